The molecule has 0 bridgehead atoms. The molecular weight excluding hydrogens is 414 g/mol. The smallest absolute Gasteiger partial charge is 0.243 e. The van der Waals surface area contributed by atoms with Crippen LogP contribution in [-0.2, 0) is 16.6 Å². The van der Waals surface area contributed by atoms with Crippen molar-refractivity contribution >= 4 is 43.0 Å². The Bertz CT molecular complexity index is 1140. The maximum Gasteiger partial charge on any atom is 0.243 e. The van der Waals surface area contributed by atoms with Crippen LogP contribution in [0.1, 0.15) is 10.4 Å². The van der Waals surface area contributed by atoms with Gasteiger partial charge in [0.2, 0.25) is 10.0 Å². The topological polar surface area (TPSA) is 64.4 Å². The van der Waals surface area contributed by atoms with Crippen LogP contribution in [0.4, 0.5) is 0 Å². The van der Waals surface area contributed by atoms with E-state index in [-0.39, 0.29) is 4.90 Å². The highest BCUT2D eigenvalue weighted by atomic mass is 35.5. The third-order valence-corrected chi connectivity index (χ3v) is 8.53. The van der Waals surface area contributed by atoms with Crippen LogP contribution in [0.15, 0.2) is 53.4 Å². The first kappa shape index (κ1) is 19.4. The second-order valence-electron chi connectivity index (χ2n) is 6.65. The lowest BCUT2D eigenvalue weighted by Crippen LogP contribution is -2.48. The van der Waals surface area contributed by atoms with Gasteiger partial charge in [0.1, 0.15) is 0 Å². The van der Waals surface area contributed by atoms with E-state index in [4.69, 9.17) is 16.9 Å². The van der Waals surface area contributed by atoms with Gasteiger partial charge in [-0.05, 0) is 30.3 Å². The van der Waals surface area contributed by atoms with E-state index in [0.717, 1.165) is 21.8 Å². The van der Waals surface area contributed by atoms with Gasteiger partial charge in [0.25, 0.3) is 0 Å². The van der Waals surface area contributed by atoms with Crippen LogP contribution < -0.4 is 0 Å². The summed E-state index contributed by atoms with van der Waals surface area (Å²) in [4.78, 5) is 3.58. The van der Waals surface area contributed by atoms with Gasteiger partial charge in [-0.25, -0.2) is 8.42 Å². The van der Waals surface area contributed by atoms with Crippen LogP contribution in [0, 0.1) is 11.3 Å². The number of sulfonamides is 1. The fourth-order valence-electron chi connectivity index (χ4n) is 3.35. The number of hydrogen-bond acceptors (Lipinski definition) is 5. The molecule has 1 aromatic heterocycles. The quantitative estimate of drug-likeness (QED) is 0.627. The van der Waals surface area contributed by atoms with Crippen LogP contribution in [0.25, 0.3) is 10.1 Å². The van der Waals surface area contributed by atoms with Gasteiger partial charge in [0, 0.05) is 47.7 Å². The zero-order valence-electron chi connectivity index (χ0n) is 15.0. The first-order valence-electron chi connectivity index (χ1n) is 8.87. The molecule has 0 spiro atoms. The van der Waals surface area contributed by atoms with Crippen LogP contribution in [0.3, 0.4) is 0 Å². The lowest BCUT2D eigenvalue weighted by molar-refractivity contribution is 0.183. The number of thiophene rings is 1. The minimum atomic E-state index is -3.54. The molecule has 28 heavy (non-hydrogen) atoms. The van der Waals surface area contributed by atoms with Crippen molar-refractivity contribution in [2.75, 3.05) is 26.2 Å². The van der Waals surface area contributed by atoms with Gasteiger partial charge < -0.3 is 0 Å². The second kappa shape index (κ2) is 7.82. The fraction of sp³-hybridized carbons (Fsp3) is 0.250. The summed E-state index contributed by atoms with van der Waals surface area (Å²) in [6, 6.07) is 16.2. The fourth-order valence-corrected chi connectivity index (χ4v) is 6.31. The van der Waals surface area contributed by atoms with E-state index in [1.807, 2.05) is 24.3 Å². The molecule has 3 aromatic rings. The van der Waals surface area contributed by atoms with Crippen molar-refractivity contribution in [3.63, 3.8) is 0 Å². The zero-order valence-corrected chi connectivity index (χ0v) is 17.4. The summed E-state index contributed by atoms with van der Waals surface area (Å²) < 4.78 is 28.3. The second-order valence-corrected chi connectivity index (χ2v) is 10.1. The van der Waals surface area contributed by atoms with Gasteiger partial charge in [0.05, 0.1) is 21.6 Å². The van der Waals surface area contributed by atoms with Gasteiger partial charge in [0.15, 0.2) is 0 Å². The van der Waals surface area contributed by atoms with Crippen molar-refractivity contribution < 1.29 is 8.42 Å². The lowest BCUT2D eigenvalue weighted by Gasteiger charge is -2.33. The summed E-state index contributed by atoms with van der Waals surface area (Å²) in [6.07, 6.45) is 0. The predicted molar refractivity (Wildman–Crippen MR) is 112 cm³/mol. The number of piperazine rings is 1. The van der Waals surface area contributed by atoms with Gasteiger partial charge in [-0.1, -0.05) is 29.8 Å². The van der Waals surface area contributed by atoms with Crippen molar-refractivity contribution in [2.24, 2.45) is 0 Å². The van der Waals surface area contributed by atoms with E-state index in [1.54, 1.807) is 11.3 Å². The van der Waals surface area contributed by atoms with E-state index in [1.165, 1.54) is 33.3 Å². The van der Waals surface area contributed by atoms with Crippen molar-refractivity contribution in [1.29, 1.82) is 5.26 Å². The molecular formula is C20H18ClN3O2S2. The molecule has 1 aliphatic heterocycles. The Morgan fingerprint density at radius 1 is 1.04 bits per heavy atom. The average Bonchev–Trinajstić information content (AvgIpc) is 3.04. The highest BCUT2D eigenvalue weighted by molar-refractivity contribution is 7.89. The Hall–Kier alpha value is -1.95. The maximum atomic E-state index is 12.8. The number of benzene rings is 2. The molecule has 2 heterocycles. The Morgan fingerprint density at radius 3 is 2.36 bits per heavy atom. The molecule has 0 N–H and O–H groups in total. The van der Waals surface area contributed by atoms with E-state index in [9.17, 15) is 8.42 Å². The molecule has 2 aromatic carbocycles. The molecule has 8 heteroatoms. The molecule has 5 nitrogen and oxygen atoms in total. The minimum absolute atomic E-state index is 0.229. The van der Waals surface area contributed by atoms with Gasteiger partial charge in [-0.2, -0.15) is 9.57 Å². The normalized spacial score (nSPS) is 16.3. The van der Waals surface area contributed by atoms with Crippen LogP contribution in [0.5, 0.6) is 0 Å². The highest BCUT2D eigenvalue weighted by Gasteiger charge is 2.29. The molecule has 0 radical (unpaired) electrons. The van der Waals surface area contributed by atoms with Crippen molar-refractivity contribution in [2.45, 2.75) is 11.4 Å². The van der Waals surface area contributed by atoms with Crippen molar-refractivity contribution in [3.8, 4) is 6.07 Å². The molecule has 0 aliphatic carbocycles. The number of fused-ring (bicyclic) bond motifs is 1. The molecule has 1 saturated heterocycles. The number of nitriles is 1. The van der Waals surface area contributed by atoms with Gasteiger partial charge in [-0.3, -0.25) is 4.90 Å². The van der Waals surface area contributed by atoms with E-state index in [0.29, 0.717) is 31.7 Å². The summed E-state index contributed by atoms with van der Waals surface area (Å²) >= 11 is 8.23. The van der Waals surface area contributed by atoms with Crippen molar-refractivity contribution in [1.82, 2.24) is 9.21 Å². The standard InChI is InChI=1S/C20H18ClN3O2S2/c21-20-17-3-1-2-4-18(17)27-19(20)14-23-9-11-24(12-10-23)28(25,26)16-7-5-15(13-22)6-8-16/h1-8H,9-12,14H2. The van der Waals surface area contributed by atoms with E-state index in [2.05, 4.69) is 11.0 Å². The average molecular weight is 432 g/mol. The van der Waals surface area contributed by atoms with Crippen LogP contribution in [0.2, 0.25) is 5.02 Å². The number of nitrogens with zero attached hydrogens (tertiary/aromatic N) is 3. The Balaban J connectivity index is 1.43. The monoisotopic (exact) mass is 431 g/mol. The summed E-state index contributed by atoms with van der Waals surface area (Å²) in [6.45, 7) is 2.90. The molecule has 0 unspecified atom stereocenters. The number of halogens is 1. The Kier molecular flexibility index (Phi) is 5.41. The highest BCUT2D eigenvalue weighted by Crippen LogP contribution is 2.36. The lowest BCUT2D eigenvalue weighted by atomic mass is 10.2. The summed E-state index contributed by atoms with van der Waals surface area (Å²) in [5, 5.41) is 10.7. The summed E-state index contributed by atoms with van der Waals surface area (Å²) in [5.41, 5.74) is 0.448. The van der Waals surface area contributed by atoms with E-state index >= 15 is 0 Å². The number of rotatable bonds is 4. The van der Waals surface area contributed by atoms with Crippen molar-refractivity contribution in [3.05, 3.63) is 64.0 Å². The molecule has 1 aliphatic rings. The minimum Gasteiger partial charge on any atom is -0.296 e. The SMILES string of the molecule is N#Cc1ccc(S(=O)(=O)N2CCN(Cc3sc4ccccc4c3Cl)CC2)cc1. The van der Waals surface area contributed by atoms with E-state index < -0.39 is 10.0 Å². The largest absolute Gasteiger partial charge is 0.296 e. The molecule has 0 atom stereocenters. The first-order valence-corrected chi connectivity index (χ1v) is 11.5. The Morgan fingerprint density at radius 2 is 1.71 bits per heavy atom. The number of hydrogen-bond donors (Lipinski definition) is 0. The summed E-state index contributed by atoms with van der Waals surface area (Å²) in [7, 11) is -3.54. The molecule has 1 fully saturated rings. The maximum absolute atomic E-state index is 12.8. The zero-order chi connectivity index (χ0) is 19.7. The molecule has 0 amide bonds. The molecule has 0 saturated carbocycles. The molecule has 4 rings (SSSR count). The molecule has 144 valence electrons. The van der Waals surface area contributed by atoms with Gasteiger partial charge >= 0.3 is 0 Å². The van der Waals surface area contributed by atoms with Gasteiger partial charge in [-0.15, -0.1) is 11.3 Å². The van der Waals surface area contributed by atoms with Crippen LogP contribution >= 0.6 is 22.9 Å². The predicted octanol–water partition coefficient (Wildman–Crippen LogP) is 3.93. The van der Waals surface area contributed by atoms with Crippen LogP contribution in [-0.4, -0.2) is 43.8 Å². The third-order valence-electron chi connectivity index (χ3n) is 4.92. The Labute approximate surface area is 173 Å². The summed E-state index contributed by atoms with van der Waals surface area (Å²) in [5.74, 6) is 0. The first-order chi connectivity index (χ1) is 13.5. The third kappa shape index (κ3) is 3.66.